The van der Waals surface area contributed by atoms with Gasteiger partial charge in [-0.2, -0.15) is 0 Å². The van der Waals surface area contributed by atoms with E-state index in [1.165, 1.54) is 27.8 Å². The van der Waals surface area contributed by atoms with Crippen LogP contribution < -0.4 is 4.74 Å². The van der Waals surface area contributed by atoms with Gasteiger partial charge in [0.15, 0.2) is 0 Å². The summed E-state index contributed by atoms with van der Waals surface area (Å²) in [6.45, 7) is 6.42. The molecular formula is C24H24O2. The predicted octanol–water partition coefficient (Wildman–Crippen LogP) is 6.15. The number of allylic oxidation sites excluding steroid dienone is 1. The molecule has 0 aliphatic heterocycles. The lowest BCUT2D eigenvalue weighted by Gasteiger charge is -2.08. The van der Waals surface area contributed by atoms with Crippen LogP contribution in [-0.4, -0.2) is 5.11 Å². The van der Waals surface area contributed by atoms with Gasteiger partial charge in [-0.05, 0) is 67.3 Å². The number of aliphatic hydroxyl groups excluding tert-OH is 1. The maximum absolute atomic E-state index is 9.09. The van der Waals surface area contributed by atoms with Gasteiger partial charge >= 0.3 is 0 Å². The standard InChI is InChI=1S/C24H24O2/c1-17-12-18(2)14-21(13-17)15-19(3)22-6-10-24(11-7-22)26-23-8-4-20(16-25)5-9-23/h4-15,25H,16H2,1-3H3/b19-15-. The van der Waals surface area contributed by atoms with E-state index in [-0.39, 0.29) is 6.61 Å². The Morgan fingerprint density at radius 3 is 1.92 bits per heavy atom. The Hall–Kier alpha value is -2.84. The maximum atomic E-state index is 9.09. The van der Waals surface area contributed by atoms with Gasteiger partial charge in [0.2, 0.25) is 0 Å². The smallest absolute Gasteiger partial charge is 0.127 e. The first kappa shape index (κ1) is 18.0. The molecule has 0 fully saturated rings. The zero-order valence-corrected chi connectivity index (χ0v) is 15.5. The highest BCUT2D eigenvalue weighted by Crippen LogP contribution is 2.25. The van der Waals surface area contributed by atoms with Crippen LogP contribution in [0.3, 0.4) is 0 Å². The van der Waals surface area contributed by atoms with E-state index in [2.05, 4.69) is 57.2 Å². The van der Waals surface area contributed by atoms with E-state index in [4.69, 9.17) is 9.84 Å². The first-order chi connectivity index (χ1) is 12.5. The number of hydrogen-bond acceptors (Lipinski definition) is 2. The van der Waals surface area contributed by atoms with Gasteiger partial charge in [0, 0.05) is 0 Å². The molecule has 0 saturated carbocycles. The topological polar surface area (TPSA) is 29.5 Å². The number of benzene rings is 3. The van der Waals surface area contributed by atoms with Gasteiger partial charge in [0.05, 0.1) is 6.61 Å². The third-order valence-corrected chi connectivity index (χ3v) is 4.28. The van der Waals surface area contributed by atoms with Crippen molar-refractivity contribution in [3.63, 3.8) is 0 Å². The third kappa shape index (κ3) is 4.62. The number of ether oxygens (including phenoxy) is 1. The second-order valence-electron chi connectivity index (χ2n) is 6.68. The average Bonchev–Trinajstić information content (AvgIpc) is 2.62. The van der Waals surface area contributed by atoms with Crippen LogP contribution in [0.4, 0.5) is 0 Å². The van der Waals surface area contributed by atoms with E-state index in [9.17, 15) is 0 Å². The van der Waals surface area contributed by atoms with E-state index >= 15 is 0 Å². The van der Waals surface area contributed by atoms with Gasteiger partial charge in [-0.1, -0.05) is 59.7 Å². The molecule has 26 heavy (non-hydrogen) atoms. The Morgan fingerprint density at radius 2 is 1.38 bits per heavy atom. The summed E-state index contributed by atoms with van der Waals surface area (Å²) < 4.78 is 5.86. The van der Waals surface area contributed by atoms with Crippen LogP contribution in [0.15, 0.2) is 66.7 Å². The van der Waals surface area contributed by atoms with Crippen LogP contribution >= 0.6 is 0 Å². The lowest BCUT2D eigenvalue weighted by atomic mass is 10.0. The third-order valence-electron chi connectivity index (χ3n) is 4.28. The molecule has 3 rings (SSSR count). The highest BCUT2D eigenvalue weighted by Gasteiger charge is 2.01. The molecule has 0 heterocycles. The fourth-order valence-corrected chi connectivity index (χ4v) is 3.01. The quantitative estimate of drug-likeness (QED) is 0.563. The number of hydrogen-bond donors (Lipinski definition) is 1. The molecule has 0 bridgehead atoms. The fourth-order valence-electron chi connectivity index (χ4n) is 3.01. The molecule has 0 aliphatic rings. The normalized spacial score (nSPS) is 11.5. The Balaban J connectivity index is 1.74. The minimum atomic E-state index is 0.0427. The highest BCUT2D eigenvalue weighted by atomic mass is 16.5. The van der Waals surface area contributed by atoms with Crippen LogP contribution in [-0.2, 0) is 6.61 Å². The van der Waals surface area contributed by atoms with Gasteiger partial charge in [-0.15, -0.1) is 0 Å². The van der Waals surface area contributed by atoms with Gasteiger partial charge in [0.25, 0.3) is 0 Å². The Labute approximate surface area is 155 Å². The summed E-state index contributed by atoms with van der Waals surface area (Å²) in [5.74, 6) is 1.56. The second-order valence-corrected chi connectivity index (χ2v) is 6.68. The average molecular weight is 344 g/mol. The summed E-state index contributed by atoms with van der Waals surface area (Å²) in [5, 5.41) is 9.09. The predicted molar refractivity (Wildman–Crippen MR) is 108 cm³/mol. The van der Waals surface area contributed by atoms with Crippen molar-refractivity contribution in [3.05, 3.63) is 94.5 Å². The fraction of sp³-hybridized carbons (Fsp3) is 0.167. The zero-order chi connectivity index (χ0) is 18.5. The van der Waals surface area contributed by atoms with E-state index in [1.807, 2.05) is 36.4 Å². The molecule has 0 unspecified atom stereocenters. The van der Waals surface area contributed by atoms with Crippen LogP contribution in [0.25, 0.3) is 11.6 Å². The Bertz CT molecular complexity index is 884. The summed E-state index contributed by atoms with van der Waals surface area (Å²) in [4.78, 5) is 0. The van der Waals surface area contributed by atoms with Crippen LogP contribution in [0.1, 0.15) is 34.7 Å². The van der Waals surface area contributed by atoms with Crippen molar-refractivity contribution in [2.45, 2.75) is 27.4 Å². The van der Waals surface area contributed by atoms with Crippen molar-refractivity contribution >= 4 is 11.6 Å². The highest BCUT2D eigenvalue weighted by molar-refractivity contribution is 5.80. The molecule has 0 aliphatic carbocycles. The molecule has 132 valence electrons. The lowest BCUT2D eigenvalue weighted by molar-refractivity contribution is 0.281. The van der Waals surface area contributed by atoms with Crippen molar-refractivity contribution in [1.82, 2.24) is 0 Å². The molecule has 3 aromatic rings. The number of aryl methyl sites for hydroxylation is 2. The molecular weight excluding hydrogens is 320 g/mol. The molecule has 0 spiro atoms. The monoisotopic (exact) mass is 344 g/mol. The minimum absolute atomic E-state index is 0.0427. The summed E-state index contributed by atoms with van der Waals surface area (Å²) in [7, 11) is 0. The minimum Gasteiger partial charge on any atom is -0.457 e. The second kappa shape index (κ2) is 8.03. The molecule has 0 amide bonds. The zero-order valence-electron chi connectivity index (χ0n) is 15.5. The summed E-state index contributed by atoms with van der Waals surface area (Å²) >= 11 is 0. The molecule has 0 aromatic heterocycles. The van der Waals surface area contributed by atoms with Gasteiger partial charge in [0.1, 0.15) is 11.5 Å². The van der Waals surface area contributed by atoms with E-state index in [0.29, 0.717) is 0 Å². The summed E-state index contributed by atoms with van der Waals surface area (Å²) in [6.07, 6.45) is 2.21. The molecule has 0 radical (unpaired) electrons. The summed E-state index contributed by atoms with van der Waals surface area (Å²) in [6, 6.07) is 22.1. The molecule has 2 nitrogen and oxygen atoms in total. The van der Waals surface area contributed by atoms with Crippen LogP contribution in [0.5, 0.6) is 11.5 Å². The molecule has 3 aromatic carbocycles. The largest absolute Gasteiger partial charge is 0.457 e. The molecule has 2 heteroatoms. The van der Waals surface area contributed by atoms with Gasteiger partial charge < -0.3 is 9.84 Å². The molecule has 1 N–H and O–H groups in total. The van der Waals surface area contributed by atoms with Crippen LogP contribution in [0, 0.1) is 13.8 Å². The van der Waals surface area contributed by atoms with Crippen LogP contribution in [0.2, 0.25) is 0 Å². The van der Waals surface area contributed by atoms with Crippen molar-refractivity contribution in [2.75, 3.05) is 0 Å². The van der Waals surface area contributed by atoms with Gasteiger partial charge in [-0.3, -0.25) is 0 Å². The maximum Gasteiger partial charge on any atom is 0.127 e. The number of rotatable bonds is 5. The summed E-state index contributed by atoms with van der Waals surface area (Å²) in [5.41, 5.74) is 7.05. The first-order valence-electron chi connectivity index (χ1n) is 8.78. The first-order valence-corrected chi connectivity index (χ1v) is 8.78. The Kier molecular flexibility index (Phi) is 5.55. The van der Waals surface area contributed by atoms with Crippen molar-refractivity contribution in [3.8, 4) is 11.5 Å². The SMILES string of the molecule is C/C(=C/c1cc(C)cc(C)c1)c1ccc(Oc2ccc(CO)cc2)cc1. The van der Waals surface area contributed by atoms with Gasteiger partial charge in [-0.25, -0.2) is 0 Å². The van der Waals surface area contributed by atoms with E-state index in [0.717, 1.165) is 17.1 Å². The van der Waals surface area contributed by atoms with E-state index < -0.39 is 0 Å². The number of aliphatic hydroxyl groups is 1. The molecule has 0 saturated heterocycles. The van der Waals surface area contributed by atoms with Crippen molar-refractivity contribution in [1.29, 1.82) is 0 Å². The van der Waals surface area contributed by atoms with Crippen molar-refractivity contribution in [2.24, 2.45) is 0 Å². The Morgan fingerprint density at radius 1 is 0.846 bits per heavy atom. The van der Waals surface area contributed by atoms with Crippen molar-refractivity contribution < 1.29 is 9.84 Å². The molecule has 0 atom stereocenters. The van der Waals surface area contributed by atoms with E-state index in [1.54, 1.807) is 0 Å². The lowest BCUT2D eigenvalue weighted by Crippen LogP contribution is -1.87.